The van der Waals surface area contributed by atoms with Gasteiger partial charge >= 0.3 is 5.97 Å². The van der Waals surface area contributed by atoms with E-state index in [1.54, 1.807) is 12.1 Å². The first kappa shape index (κ1) is 16.4. The molecule has 1 unspecified atom stereocenters. The molecular weight excluding hydrogens is 328 g/mol. The van der Waals surface area contributed by atoms with E-state index in [0.29, 0.717) is 10.6 Å². The van der Waals surface area contributed by atoms with Crippen molar-refractivity contribution in [3.8, 4) is 0 Å². The average Bonchev–Trinajstić information content (AvgIpc) is 2.37. The average molecular weight is 347 g/mol. The highest BCUT2D eigenvalue weighted by molar-refractivity contribution is 9.10. The molecule has 0 bridgehead atoms. The second-order valence-corrected chi connectivity index (χ2v) is 6.86. The van der Waals surface area contributed by atoms with Gasteiger partial charge in [0.15, 0.2) is 0 Å². The van der Waals surface area contributed by atoms with Crippen LogP contribution in [0.5, 0.6) is 0 Å². The molecule has 0 spiro atoms. The zero-order valence-corrected chi connectivity index (χ0v) is 13.4. The molecule has 0 aliphatic rings. The van der Waals surface area contributed by atoms with Crippen molar-refractivity contribution in [3.05, 3.63) is 28.2 Å². The zero-order chi connectivity index (χ0) is 14.3. The van der Waals surface area contributed by atoms with Crippen LogP contribution < -0.4 is 0 Å². The summed E-state index contributed by atoms with van der Waals surface area (Å²) < 4.78 is 12.9. The van der Waals surface area contributed by atoms with Crippen LogP contribution in [0, 0.1) is 0 Å². The number of carboxylic acid groups (broad SMARTS) is 1. The SMILES string of the molecule is CCCCCCCS(=O)c1cc(Br)ccc1C(=O)O. The number of rotatable bonds is 8. The molecule has 0 radical (unpaired) electrons. The summed E-state index contributed by atoms with van der Waals surface area (Å²) in [6, 6.07) is 4.80. The van der Waals surface area contributed by atoms with Crippen molar-refractivity contribution in [1.29, 1.82) is 0 Å². The minimum Gasteiger partial charge on any atom is -0.478 e. The Morgan fingerprint density at radius 2 is 1.95 bits per heavy atom. The summed E-state index contributed by atoms with van der Waals surface area (Å²) in [5.74, 6) is -0.498. The lowest BCUT2D eigenvalue weighted by Gasteiger charge is -2.07. The van der Waals surface area contributed by atoms with Gasteiger partial charge in [-0.25, -0.2) is 4.79 Å². The Kier molecular flexibility index (Phi) is 7.31. The molecule has 0 saturated heterocycles. The third-order valence-electron chi connectivity index (χ3n) is 2.85. The van der Waals surface area contributed by atoms with Gasteiger partial charge in [-0.2, -0.15) is 0 Å². The molecule has 5 heteroatoms. The third kappa shape index (κ3) is 5.45. The number of carboxylic acids is 1. The van der Waals surface area contributed by atoms with E-state index in [4.69, 9.17) is 5.11 Å². The van der Waals surface area contributed by atoms with Crippen molar-refractivity contribution >= 4 is 32.7 Å². The summed E-state index contributed by atoms with van der Waals surface area (Å²) in [5, 5.41) is 9.10. The molecule has 1 aromatic carbocycles. The highest BCUT2D eigenvalue weighted by atomic mass is 79.9. The molecule has 0 aromatic heterocycles. The molecule has 0 amide bonds. The Bertz CT molecular complexity index is 460. The normalized spacial score (nSPS) is 12.3. The van der Waals surface area contributed by atoms with E-state index < -0.39 is 16.8 Å². The van der Waals surface area contributed by atoms with Gasteiger partial charge in [-0.3, -0.25) is 4.21 Å². The molecule has 3 nitrogen and oxygen atoms in total. The Hall–Kier alpha value is -0.680. The molecule has 0 saturated carbocycles. The smallest absolute Gasteiger partial charge is 0.336 e. The number of unbranched alkanes of at least 4 members (excludes halogenated alkanes) is 4. The summed E-state index contributed by atoms with van der Waals surface area (Å²) in [6.45, 7) is 2.15. The highest BCUT2D eigenvalue weighted by Crippen LogP contribution is 2.21. The van der Waals surface area contributed by atoms with Crippen LogP contribution in [0.1, 0.15) is 49.4 Å². The Balaban J connectivity index is 2.65. The lowest BCUT2D eigenvalue weighted by Crippen LogP contribution is -2.07. The summed E-state index contributed by atoms with van der Waals surface area (Å²) in [4.78, 5) is 11.5. The lowest BCUT2D eigenvalue weighted by atomic mass is 10.2. The topological polar surface area (TPSA) is 54.4 Å². The quantitative estimate of drug-likeness (QED) is 0.716. The van der Waals surface area contributed by atoms with Crippen molar-refractivity contribution < 1.29 is 14.1 Å². The zero-order valence-electron chi connectivity index (χ0n) is 11.0. The maximum absolute atomic E-state index is 12.2. The van der Waals surface area contributed by atoms with Crippen LogP contribution in [0.15, 0.2) is 27.6 Å². The Morgan fingerprint density at radius 1 is 1.26 bits per heavy atom. The molecule has 1 N–H and O–H groups in total. The van der Waals surface area contributed by atoms with E-state index in [1.807, 2.05) is 0 Å². The first-order valence-electron chi connectivity index (χ1n) is 6.47. The van der Waals surface area contributed by atoms with E-state index in [-0.39, 0.29) is 5.56 Å². The molecule has 1 aromatic rings. The van der Waals surface area contributed by atoms with E-state index in [0.717, 1.165) is 23.7 Å². The predicted octanol–water partition coefficient (Wildman–Crippen LogP) is 4.23. The summed E-state index contributed by atoms with van der Waals surface area (Å²) >= 11 is 3.29. The van der Waals surface area contributed by atoms with Crippen molar-refractivity contribution in [2.45, 2.75) is 43.9 Å². The van der Waals surface area contributed by atoms with Gasteiger partial charge in [0.1, 0.15) is 0 Å². The number of aromatic carboxylic acids is 1. The summed E-state index contributed by atoms with van der Waals surface area (Å²) in [7, 11) is -1.24. The molecule has 1 atom stereocenters. The third-order valence-corrected chi connectivity index (χ3v) is 4.83. The maximum Gasteiger partial charge on any atom is 0.336 e. The van der Waals surface area contributed by atoms with Crippen LogP contribution in [0.3, 0.4) is 0 Å². The van der Waals surface area contributed by atoms with Crippen molar-refractivity contribution in [2.24, 2.45) is 0 Å². The van der Waals surface area contributed by atoms with E-state index in [9.17, 15) is 9.00 Å². The fourth-order valence-electron chi connectivity index (χ4n) is 1.81. The van der Waals surface area contributed by atoms with Gasteiger partial charge in [0.2, 0.25) is 0 Å². The fraction of sp³-hybridized carbons (Fsp3) is 0.500. The molecular formula is C14H19BrO3S. The van der Waals surface area contributed by atoms with Crippen LogP contribution in [0.2, 0.25) is 0 Å². The van der Waals surface area contributed by atoms with Gasteiger partial charge < -0.3 is 5.11 Å². The van der Waals surface area contributed by atoms with E-state index in [2.05, 4.69) is 22.9 Å². The van der Waals surface area contributed by atoms with Crippen molar-refractivity contribution in [3.63, 3.8) is 0 Å². The second-order valence-electron chi connectivity index (χ2n) is 4.41. The maximum atomic E-state index is 12.2. The van der Waals surface area contributed by atoms with Crippen molar-refractivity contribution in [1.82, 2.24) is 0 Å². The molecule has 0 aliphatic carbocycles. The largest absolute Gasteiger partial charge is 0.478 e. The summed E-state index contributed by atoms with van der Waals surface area (Å²) in [5.41, 5.74) is 0.134. The van der Waals surface area contributed by atoms with Crippen LogP contribution >= 0.6 is 15.9 Å². The number of hydrogen-bond donors (Lipinski definition) is 1. The van der Waals surface area contributed by atoms with Gasteiger partial charge in [-0.15, -0.1) is 0 Å². The fourth-order valence-corrected chi connectivity index (χ4v) is 3.67. The van der Waals surface area contributed by atoms with Crippen LogP contribution in [0.4, 0.5) is 0 Å². The molecule has 0 heterocycles. The second kappa shape index (κ2) is 8.48. The minimum atomic E-state index is -1.24. The minimum absolute atomic E-state index is 0.134. The first-order valence-corrected chi connectivity index (χ1v) is 8.58. The van der Waals surface area contributed by atoms with E-state index >= 15 is 0 Å². The number of carbonyl (C=O) groups is 1. The molecule has 19 heavy (non-hydrogen) atoms. The van der Waals surface area contributed by atoms with Gasteiger partial charge in [0.25, 0.3) is 0 Å². The van der Waals surface area contributed by atoms with Crippen molar-refractivity contribution in [2.75, 3.05) is 5.75 Å². The molecule has 0 fully saturated rings. The van der Waals surface area contributed by atoms with Gasteiger partial charge in [0.05, 0.1) is 21.3 Å². The summed E-state index contributed by atoms with van der Waals surface area (Å²) in [6.07, 6.45) is 5.45. The van der Waals surface area contributed by atoms with Crippen LogP contribution in [0.25, 0.3) is 0 Å². The van der Waals surface area contributed by atoms with Gasteiger partial charge in [0, 0.05) is 10.2 Å². The monoisotopic (exact) mass is 346 g/mol. The Morgan fingerprint density at radius 3 is 2.58 bits per heavy atom. The van der Waals surface area contributed by atoms with Gasteiger partial charge in [-0.1, -0.05) is 48.5 Å². The molecule has 1 rings (SSSR count). The van der Waals surface area contributed by atoms with Crippen LogP contribution in [-0.4, -0.2) is 21.0 Å². The van der Waals surface area contributed by atoms with E-state index in [1.165, 1.54) is 18.9 Å². The number of hydrogen-bond acceptors (Lipinski definition) is 2. The Labute approximate surface area is 125 Å². The molecule has 106 valence electrons. The standard InChI is InChI=1S/C14H19BrO3S/c1-2-3-4-5-6-9-19(18)13-10-11(15)7-8-12(13)14(16)17/h7-8,10H,2-6,9H2,1H3,(H,16,17). The predicted molar refractivity (Wildman–Crippen MR) is 81.1 cm³/mol. The number of halogens is 1. The van der Waals surface area contributed by atoms with Crippen LogP contribution in [-0.2, 0) is 10.8 Å². The van der Waals surface area contributed by atoms with Gasteiger partial charge in [-0.05, 0) is 24.6 Å². The highest BCUT2D eigenvalue weighted by Gasteiger charge is 2.15. The lowest BCUT2D eigenvalue weighted by molar-refractivity contribution is 0.0693. The first-order chi connectivity index (χ1) is 9.06. The number of benzene rings is 1. The molecule has 0 aliphatic heterocycles.